The van der Waals surface area contributed by atoms with Crippen LogP contribution in [0, 0.1) is 0 Å². The molecule has 1 aliphatic heterocycles. The molecule has 1 fully saturated rings. The van der Waals surface area contributed by atoms with Crippen molar-refractivity contribution in [3.63, 3.8) is 0 Å². The Morgan fingerprint density at radius 2 is 1.90 bits per heavy atom. The maximum atomic E-state index is 12.3. The van der Waals surface area contributed by atoms with Gasteiger partial charge in [-0.3, -0.25) is 0 Å². The summed E-state index contributed by atoms with van der Waals surface area (Å²) in [6, 6.07) is -0.146. The lowest BCUT2D eigenvalue weighted by Crippen LogP contribution is -2.57. The number of rotatable bonds is 2. The van der Waals surface area contributed by atoms with Crippen LogP contribution in [0.4, 0.5) is 9.59 Å². The molecular weight excluding hydrogens is 272 g/mol. The standard InChI is InChI=1S/C15H22N2O4/c1-4-20-14(18)16-11(3)10-12-8-6-7-9-13(12)17(16)15(19)21-5-2/h10,13H,3-9H2,1-2H3. The van der Waals surface area contributed by atoms with Gasteiger partial charge in [-0.05, 0) is 44.8 Å². The van der Waals surface area contributed by atoms with Crippen molar-refractivity contribution in [2.24, 2.45) is 0 Å². The van der Waals surface area contributed by atoms with Crippen LogP contribution in [0.25, 0.3) is 0 Å². The van der Waals surface area contributed by atoms with Gasteiger partial charge in [0, 0.05) is 0 Å². The van der Waals surface area contributed by atoms with Crippen LogP contribution in [0.15, 0.2) is 23.9 Å². The number of ether oxygens (including phenoxy) is 2. The number of carbonyl (C=O) groups is 2. The van der Waals surface area contributed by atoms with Crippen molar-refractivity contribution in [2.75, 3.05) is 13.2 Å². The van der Waals surface area contributed by atoms with E-state index < -0.39 is 12.2 Å². The summed E-state index contributed by atoms with van der Waals surface area (Å²) in [6.45, 7) is 7.84. The van der Waals surface area contributed by atoms with Gasteiger partial charge in [-0.25, -0.2) is 14.6 Å². The highest BCUT2D eigenvalue weighted by Crippen LogP contribution is 2.35. The second kappa shape index (κ2) is 6.65. The van der Waals surface area contributed by atoms with Gasteiger partial charge < -0.3 is 9.47 Å². The third-order valence-electron chi connectivity index (χ3n) is 3.65. The van der Waals surface area contributed by atoms with Gasteiger partial charge >= 0.3 is 12.2 Å². The zero-order valence-electron chi connectivity index (χ0n) is 12.6. The van der Waals surface area contributed by atoms with E-state index in [4.69, 9.17) is 9.47 Å². The van der Waals surface area contributed by atoms with E-state index in [1.165, 1.54) is 10.0 Å². The maximum Gasteiger partial charge on any atom is 0.433 e. The third-order valence-corrected chi connectivity index (χ3v) is 3.65. The van der Waals surface area contributed by atoms with Gasteiger partial charge in [0.2, 0.25) is 0 Å². The van der Waals surface area contributed by atoms with E-state index in [0.29, 0.717) is 5.70 Å². The van der Waals surface area contributed by atoms with Gasteiger partial charge in [0.1, 0.15) is 0 Å². The molecule has 1 saturated carbocycles. The zero-order chi connectivity index (χ0) is 15.4. The van der Waals surface area contributed by atoms with E-state index in [2.05, 4.69) is 6.58 Å². The Hall–Kier alpha value is -1.98. The molecule has 1 heterocycles. The lowest BCUT2D eigenvalue weighted by molar-refractivity contribution is -0.0243. The number of hydrogen-bond acceptors (Lipinski definition) is 4. The molecule has 6 nitrogen and oxygen atoms in total. The first-order valence-electron chi connectivity index (χ1n) is 7.42. The van der Waals surface area contributed by atoms with Gasteiger partial charge in [0.15, 0.2) is 0 Å². The van der Waals surface area contributed by atoms with Crippen LogP contribution < -0.4 is 0 Å². The lowest BCUT2D eigenvalue weighted by Gasteiger charge is -2.44. The second-order valence-corrected chi connectivity index (χ2v) is 5.03. The number of carbonyl (C=O) groups excluding carboxylic acids is 2. The molecule has 1 unspecified atom stereocenters. The Labute approximate surface area is 124 Å². The molecule has 0 saturated heterocycles. The predicted octanol–water partition coefficient (Wildman–Crippen LogP) is 3.21. The number of nitrogens with zero attached hydrogens (tertiary/aromatic N) is 2. The number of fused-ring (bicyclic) bond motifs is 1. The zero-order valence-corrected chi connectivity index (χ0v) is 12.6. The Balaban J connectivity index is 2.35. The minimum Gasteiger partial charge on any atom is -0.448 e. The molecule has 0 aromatic carbocycles. The van der Waals surface area contributed by atoms with Crippen LogP contribution in [-0.2, 0) is 9.47 Å². The van der Waals surface area contributed by atoms with E-state index in [-0.39, 0.29) is 19.3 Å². The molecule has 1 atom stereocenters. The Morgan fingerprint density at radius 1 is 1.24 bits per heavy atom. The maximum absolute atomic E-state index is 12.3. The highest BCUT2D eigenvalue weighted by molar-refractivity contribution is 5.77. The van der Waals surface area contributed by atoms with Crippen molar-refractivity contribution in [3.8, 4) is 0 Å². The van der Waals surface area contributed by atoms with Crippen molar-refractivity contribution in [1.29, 1.82) is 0 Å². The van der Waals surface area contributed by atoms with Gasteiger partial charge in [-0.2, -0.15) is 5.01 Å². The molecule has 116 valence electrons. The minimum absolute atomic E-state index is 0.146. The van der Waals surface area contributed by atoms with E-state index in [0.717, 1.165) is 31.3 Å². The molecule has 0 spiro atoms. The molecule has 0 aromatic rings. The van der Waals surface area contributed by atoms with Gasteiger partial charge in [0.25, 0.3) is 0 Å². The fourth-order valence-electron chi connectivity index (χ4n) is 2.81. The van der Waals surface area contributed by atoms with Gasteiger partial charge in [-0.15, -0.1) is 0 Å². The molecule has 0 radical (unpaired) electrons. The molecule has 2 amide bonds. The lowest BCUT2D eigenvalue weighted by atomic mass is 9.87. The molecular formula is C15H22N2O4. The number of allylic oxidation sites excluding steroid dienone is 1. The van der Waals surface area contributed by atoms with E-state index in [1.54, 1.807) is 13.8 Å². The Bertz CT molecular complexity index is 472. The minimum atomic E-state index is -0.601. The van der Waals surface area contributed by atoms with Crippen LogP contribution >= 0.6 is 0 Å². The molecule has 2 aliphatic rings. The van der Waals surface area contributed by atoms with Crippen molar-refractivity contribution >= 4 is 12.2 Å². The largest absolute Gasteiger partial charge is 0.448 e. The van der Waals surface area contributed by atoms with Crippen LogP contribution in [0.1, 0.15) is 39.5 Å². The normalized spacial score (nSPS) is 21.5. The quantitative estimate of drug-likeness (QED) is 0.784. The fourth-order valence-corrected chi connectivity index (χ4v) is 2.81. The molecule has 0 aromatic heterocycles. The van der Waals surface area contributed by atoms with E-state index in [1.807, 2.05) is 6.08 Å². The molecule has 0 bridgehead atoms. The molecule has 21 heavy (non-hydrogen) atoms. The van der Waals surface area contributed by atoms with Crippen LogP contribution in [-0.4, -0.2) is 41.5 Å². The van der Waals surface area contributed by atoms with Crippen LogP contribution in [0.5, 0.6) is 0 Å². The molecule has 1 aliphatic carbocycles. The van der Waals surface area contributed by atoms with Crippen LogP contribution in [0.3, 0.4) is 0 Å². The van der Waals surface area contributed by atoms with Crippen molar-refractivity contribution in [2.45, 2.75) is 45.6 Å². The van der Waals surface area contributed by atoms with Crippen molar-refractivity contribution in [3.05, 3.63) is 23.9 Å². The smallest absolute Gasteiger partial charge is 0.433 e. The van der Waals surface area contributed by atoms with Gasteiger partial charge in [-0.1, -0.05) is 13.0 Å². The monoisotopic (exact) mass is 294 g/mol. The first-order valence-corrected chi connectivity index (χ1v) is 7.42. The SMILES string of the molecule is C=C1C=C2CCCCC2N(C(=O)OCC)N1C(=O)OCC. The molecule has 2 rings (SSSR count). The summed E-state index contributed by atoms with van der Waals surface area (Å²) in [4.78, 5) is 24.5. The summed E-state index contributed by atoms with van der Waals surface area (Å²) in [5.74, 6) is 0. The van der Waals surface area contributed by atoms with E-state index >= 15 is 0 Å². The third kappa shape index (κ3) is 3.04. The fraction of sp³-hybridized carbons (Fsp3) is 0.600. The number of hydrazine groups is 1. The number of amides is 2. The summed E-state index contributed by atoms with van der Waals surface area (Å²) >= 11 is 0. The Morgan fingerprint density at radius 3 is 2.57 bits per heavy atom. The molecule has 0 N–H and O–H groups in total. The summed E-state index contributed by atoms with van der Waals surface area (Å²) in [5, 5.41) is 2.55. The highest BCUT2D eigenvalue weighted by Gasteiger charge is 2.41. The van der Waals surface area contributed by atoms with Crippen LogP contribution in [0.2, 0.25) is 0 Å². The summed E-state index contributed by atoms with van der Waals surface area (Å²) in [6.07, 6.45) is 4.58. The summed E-state index contributed by atoms with van der Waals surface area (Å²) < 4.78 is 10.1. The summed E-state index contributed by atoms with van der Waals surface area (Å²) in [7, 11) is 0. The average molecular weight is 294 g/mol. The van der Waals surface area contributed by atoms with Crippen molar-refractivity contribution < 1.29 is 19.1 Å². The highest BCUT2D eigenvalue weighted by atomic mass is 16.6. The topological polar surface area (TPSA) is 59.1 Å². The Kier molecular flexibility index (Phi) is 4.88. The summed E-state index contributed by atoms with van der Waals surface area (Å²) in [5.41, 5.74) is 1.56. The number of hydrogen-bond donors (Lipinski definition) is 0. The predicted molar refractivity (Wildman–Crippen MR) is 77.2 cm³/mol. The second-order valence-electron chi connectivity index (χ2n) is 5.03. The molecule has 6 heteroatoms. The van der Waals surface area contributed by atoms with E-state index in [9.17, 15) is 9.59 Å². The average Bonchev–Trinajstić information content (AvgIpc) is 2.46. The first kappa shape index (κ1) is 15.4. The van der Waals surface area contributed by atoms with Crippen molar-refractivity contribution in [1.82, 2.24) is 10.0 Å². The first-order chi connectivity index (χ1) is 10.1. The van der Waals surface area contributed by atoms with Gasteiger partial charge in [0.05, 0.1) is 25.0 Å².